The number of aryl methyl sites for hydroxylation is 1. The molecular formula is C12H12N4S. The second-order valence-electron chi connectivity index (χ2n) is 3.58. The van der Waals surface area contributed by atoms with Gasteiger partial charge in [-0.05, 0) is 24.8 Å². The minimum absolute atomic E-state index is 0.395. The molecule has 1 heterocycles. The van der Waals surface area contributed by atoms with Crippen LogP contribution in [0.5, 0.6) is 0 Å². The predicted octanol–water partition coefficient (Wildman–Crippen LogP) is 2.36. The molecule has 0 atom stereocenters. The molecular weight excluding hydrogens is 232 g/mol. The third kappa shape index (κ3) is 1.87. The Bertz CT molecular complexity index is 595. The lowest BCUT2D eigenvalue weighted by atomic mass is 10.2. The lowest BCUT2D eigenvalue weighted by molar-refractivity contribution is 0.840. The van der Waals surface area contributed by atoms with Crippen LogP contribution in [0.15, 0.2) is 29.3 Å². The Morgan fingerprint density at radius 2 is 2.12 bits per heavy atom. The highest BCUT2D eigenvalue weighted by Crippen LogP contribution is 2.27. The van der Waals surface area contributed by atoms with Crippen LogP contribution in [-0.2, 0) is 0 Å². The Labute approximate surface area is 104 Å². The number of aromatic nitrogens is 2. The lowest BCUT2D eigenvalue weighted by Gasteiger charge is -2.06. The minimum Gasteiger partial charge on any atom is -0.382 e. The number of nitrogens with zero attached hydrogens (tertiary/aromatic N) is 3. The molecule has 1 aromatic carbocycles. The second kappa shape index (κ2) is 4.52. The number of hydrogen-bond acceptors (Lipinski definition) is 4. The Balaban J connectivity index is 2.66. The van der Waals surface area contributed by atoms with Crippen molar-refractivity contribution in [2.75, 3.05) is 12.0 Å². The van der Waals surface area contributed by atoms with Gasteiger partial charge in [0.2, 0.25) is 0 Å². The van der Waals surface area contributed by atoms with Gasteiger partial charge in [-0.25, -0.2) is 4.68 Å². The number of para-hydroxylation sites is 1. The second-order valence-corrected chi connectivity index (χ2v) is 4.37. The molecule has 0 aliphatic rings. The van der Waals surface area contributed by atoms with Crippen molar-refractivity contribution in [3.63, 3.8) is 0 Å². The van der Waals surface area contributed by atoms with E-state index < -0.39 is 0 Å². The first-order chi connectivity index (χ1) is 8.19. The van der Waals surface area contributed by atoms with E-state index in [0.717, 1.165) is 11.3 Å². The molecule has 0 fully saturated rings. The number of nitrogen functional groups attached to an aromatic ring is 1. The molecule has 0 bridgehead atoms. The summed E-state index contributed by atoms with van der Waals surface area (Å²) >= 11 is 1.42. The van der Waals surface area contributed by atoms with Gasteiger partial charge in [-0.15, -0.1) is 11.8 Å². The monoisotopic (exact) mass is 244 g/mol. The van der Waals surface area contributed by atoms with Gasteiger partial charge >= 0.3 is 0 Å². The van der Waals surface area contributed by atoms with Crippen LogP contribution in [0, 0.1) is 18.3 Å². The highest BCUT2D eigenvalue weighted by molar-refractivity contribution is 7.98. The number of benzene rings is 1. The molecule has 5 heteroatoms. The molecule has 2 aromatic rings. The number of anilines is 1. The highest BCUT2D eigenvalue weighted by Gasteiger charge is 2.16. The third-order valence-electron chi connectivity index (χ3n) is 2.54. The number of nitrogens with two attached hydrogens (primary N) is 1. The molecule has 86 valence electrons. The zero-order valence-corrected chi connectivity index (χ0v) is 10.5. The van der Waals surface area contributed by atoms with E-state index in [1.54, 1.807) is 4.68 Å². The van der Waals surface area contributed by atoms with Crippen molar-refractivity contribution in [1.29, 1.82) is 5.26 Å². The Morgan fingerprint density at radius 3 is 2.65 bits per heavy atom. The van der Waals surface area contributed by atoms with Gasteiger partial charge in [0, 0.05) is 0 Å². The minimum atomic E-state index is 0.395. The van der Waals surface area contributed by atoms with Crippen LogP contribution in [0.2, 0.25) is 0 Å². The maximum Gasteiger partial charge on any atom is 0.146 e. The molecule has 4 nitrogen and oxygen atoms in total. The van der Waals surface area contributed by atoms with Gasteiger partial charge in [0.1, 0.15) is 22.5 Å². The predicted molar refractivity (Wildman–Crippen MR) is 69.2 cm³/mol. The summed E-state index contributed by atoms with van der Waals surface area (Å²) in [6, 6.07) is 9.90. The molecule has 0 amide bonds. The van der Waals surface area contributed by atoms with E-state index in [1.165, 1.54) is 11.8 Å². The van der Waals surface area contributed by atoms with Crippen molar-refractivity contribution in [2.24, 2.45) is 0 Å². The van der Waals surface area contributed by atoms with Crippen molar-refractivity contribution in [3.8, 4) is 11.8 Å². The first-order valence-electron chi connectivity index (χ1n) is 5.07. The van der Waals surface area contributed by atoms with E-state index in [1.807, 2.05) is 37.4 Å². The first kappa shape index (κ1) is 11.6. The summed E-state index contributed by atoms with van der Waals surface area (Å²) in [7, 11) is 0. The summed E-state index contributed by atoms with van der Waals surface area (Å²) < 4.78 is 1.62. The zero-order chi connectivity index (χ0) is 12.4. The maximum absolute atomic E-state index is 9.06. The van der Waals surface area contributed by atoms with E-state index in [0.29, 0.717) is 16.4 Å². The van der Waals surface area contributed by atoms with Gasteiger partial charge in [0.15, 0.2) is 0 Å². The quantitative estimate of drug-likeness (QED) is 0.823. The largest absolute Gasteiger partial charge is 0.382 e. The van der Waals surface area contributed by atoms with E-state index in [4.69, 9.17) is 11.0 Å². The van der Waals surface area contributed by atoms with Crippen molar-refractivity contribution in [2.45, 2.75) is 11.9 Å². The fourth-order valence-corrected chi connectivity index (χ4v) is 2.16. The smallest absolute Gasteiger partial charge is 0.146 e. The summed E-state index contributed by atoms with van der Waals surface area (Å²) in [5.74, 6) is 0.395. The van der Waals surface area contributed by atoms with Gasteiger partial charge in [-0.2, -0.15) is 10.4 Å². The fourth-order valence-electron chi connectivity index (χ4n) is 1.64. The van der Waals surface area contributed by atoms with Crippen LogP contribution >= 0.6 is 11.8 Å². The van der Waals surface area contributed by atoms with Crippen molar-refractivity contribution >= 4 is 17.6 Å². The van der Waals surface area contributed by atoms with Crippen LogP contribution in [0.1, 0.15) is 11.1 Å². The van der Waals surface area contributed by atoms with Crippen molar-refractivity contribution in [3.05, 3.63) is 35.4 Å². The standard InChI is InChI=1S/C12H12N4S/c1-8-5-3-4-6-10(8)16-11(14)9(7-13)12(15-16)17-2/h3-6H,14H2,1-2H3. The summed E-state index contributed by atoms with van der Waals surface area (Å²) in [6.45, 7) is 1.99. The Hall–Kier alpha value is -1.93. The maximum atomic E-state index is 9.06. The summed E-state index contributed by atoms with van der Waals surface area (Å²) in [6.07, 6.45) is 1.88. The van der Waals surface area contributed by atoms with Crippen LogP contribution in [0.25, 0.3) is 5.69 Å². The van der Waals surface area contributed by atoms with Gasteiger partial charge in [-0.1, -0.05) is 18.2 Å². The van der Waals surface area contributed by atoms with Crippen LogP contribution in [-0.4, -0.2) is 16.0 Å². The molecule has 0 saturated heterocycles. The van der Waals surface area contributed by atoms with E-state index in [2.05, 4.69) is 11.2 Å². The summed E-state index contributed by atoms with van der Waals surface area (Å²) in [5.41, 5.74) is 8.37. The lowest BCUT2D eigenvalue weighted by Crippen LogP contribution is -2.04. The SMILES string of the molecule is CSc1nn(-c2ccccc2C)c(N)c1C#N. The number of nitriles is 1. The van der Waals surface area contributed by atoms with Crippen molar-refractivity contribution in [1.82, 2.24) is 9.78 Å². The summed E-state index contributed by atoms with van der Waals surface area (Å²) in [4.78, 5) is 0. The first-order valence-corrected chi connectivity index (χ1v) is 6.30. The summed E-state index contributed by atoms with van der Waals surface area (Å²) in [5, 5.41) is 14.1. The molecule has 0 saturated carbocycles. The molecule has 0 unspecified atom stereocenters. The van der Waals surface area contributed by atoms with Gasteiger partial charge < -0.3 is 5.73 Å². The van der Waals surface area contributed by atoms with Crippen LogP contribution in [0.4, 0.5) is 5.82 Å². The third-order valence-corrected chi connectivity index (χ3v) is 3.21. The van der Waals surface area contributed by atoms with Gasteiger partial charge in [-0.3, -0.25) is 0 Å². The van der Waals surface area contributed by atoms with E-state index in [9.17, 15) is 0 Å². The highest BCUT2D eigenvalue weighted by atomic mass is 32.2. The molecule has 0 aliphatic carbocycles. The van der Waals surface area contributed by atoms with Gasteiger partial charge in [0.05, 0.1) is 5.69 Å². The topological polar surface area (TPSA) is 67.6 Å². The van der Waals surface area contributed by atoms with E-state index in [-0.39, 0.29) is 0 Å². The average Bonchev–Trinajstić information content (AvgIpc) is 2.66. The molecule has 2 rings (SSSR count). The molecule has 0 radical (unpaired) electrons. The Kier molecular flexibility index (Phi) is 3.07. The van der Waals surface area contributed by atoms with Crippen LogP contribution in [0.3, 0.4) is 0 Å². The molecule has 1 aromatic heterocycles. The number of hydrogen-bond donors (Lipinski definition) is 1. The van der Waals surface area contributed by atoms with Crippen LogP contribution < -0.4 is 5.73 Å². The van der Waals surface area contributed by atoms with Crippen molar-refractivity contribution < 1.29 is 0 Å². The fraction of sp³-hybridized carbons (Fsp3) is 0.167. The molecule has 2 N–H and O–H groups in total. The number of thioether (sulfide) groups is 1. The molecule has 17 heavy (non-hydrogen) atoms. The van der Waals surface area contributed by atoms with Gasteiger partial charge in [0.25, 0.3) is 0 Å². The Morgan fingerprint density at radius 1 is 1.41 bits per heavy atom. The van der Waals surface area contributed by atoms with E-state index >= 15 is 0 Å². The molecule has 0 spiro atoms. The average molecular weight is 244 g/mol. The number of rotatable bonds is 2. The zero-order valence-electron chi connectivity index (χ0n) is 9.64. The normalized spacial score (nSPS) is 10.2. The molecule has 0 aliphatic heterocycles.